The normalized spacial score (nSPS) is 30.2. The molecule has 6 nitrogen and oxygen atoms in total. The molecule has 4 bridgehead atoms. The standard InChI is InChI=1S/C33H33FN4O2/c34-26-7-3-6-25-28-17-35-18-38(28)27(30(25)26)13-29(39)33-14-19-10-22(15-33)31(23(11-19)16-33)37-32(40)36-24-9-8-20-4-1-2-5-21(20)12-24/h1-9,12,17-19,22-23,27,29,31,39H,10-11,13-16H2,(H2,36,37,40). The molecule has 3 N–H and O–H groups in total. The molecule has 7 heteroatoms. The van der Waals surface area contributed by atoms with Crippen molar-refractivity contribution in [1.29, 1.82) is 0 Å². The first-order valence-corrected chi connectivity index (χ1v) is 14.5. The third-order valence-corrected chi connectivity index (χ3v) is 10.4. The largest absolute Gasteiger partial charge is 0.392 e. The van der Waals surface area contributed by atoms with Gasteiger partial charge in [0.25, 0.3) is 0 Å². The van der Waals surface area contributed by atoms with Crippen LogP contribution in [0.5, 0.6) is 0 Å². The number of nitrogens with one attached hydrogen (secondary N) is 2. The van der Waals surface area contributed by atoms with E-state index in [1.54, 1.807) is 18.6 Å². The summed E-state index contributed by atoms with van der Waals surface area (Å²) in [5.74, 6) is 1.05. The van der Waals surface area contributed by atoms with Crippen LogP contribution < -0.4 is 10.6 Å². The van der Waals surface area contributed by atoms with Crippen molar-refractivity contribution >= 4 is 22.5 Å². The molecule has 0 spiro atoms. The van der Waals surface area contributed by atoms with E-state index < -0.39 is 6.10 Å². The van der Waals surface area contributed by atoms with Crippen molar-refractivity contribution in [2.75, 3.05) is 5.32 Å². The molecule has 1 aromatic heterocycles. The smallest absolute Gasteiger partial charge is 0.319 e. The van der Waals surface area contributed by atoms with Gasteiger partial charge in [0.05, 0.1) is 30.4 Å². The molecule has 204 valence electrons. The average molecular weight is 537 g/mol. The maximum atomic E-state index is 15.0. The number of hydrogen-bond donors (Lipinski definition) is 3. The molecule has 4 atom stereocenters. The SMILES string of the molecule is O=C(Nc1ccc2ccccc2c1)NC1C2CC3CC1CC(C(O)CC1c4c(F)cccc4-c4cncn41)(C3)C2. The molecule has 9 rings (SSSR count). The van der Waals surface area contributed by atoms with Gasteiger partial charge >= 0.3 is 6.03 Å². The third kappa shape index (κ3) is 3.70. The molecule has 0 radical (unpaired) electrons. The Hall–Kier alpha value is -3.71. The van der Waals surface area contributed by atoms with Crippen molar-refractivity contribution < 1.29 is 14.3 Å². The van der Waals surface area contributed by atoms with Gasteiger partial charge in [-0.2, -0.15) is 0 Å². The van der Waals surface area contributed by atoms with E-state index in [9.17, 15) is 9.90 Å². The molecule has 2 amide bonds. The number of urea groups is 1. The first kappa shape index (κ1) is 24.1. The molecule has 4 saturated carbocycles. The molecule has 4 unspecified atom stereocenters. The summed E-state index contributed by atoms with van der Waals surface area (Å²) < 4.78 is 17.1. The summed E-state index contributed by atoms with van der Waals surface area (Å²) >= 11 is 0. The number of carbonyl (C=O) groups excluding carboxylic acids is 1. The van der Waals surface area contributed by atoms with Crippen molar-refractivity contribution in [1.82, 2.24) is 14.9 Å². The fourth-order valence-corrected chi connectivity index (χ4v) is 9.01. The van der Waals surface area contributed by atoms with E-state index in [0.717, 1.165) is 59.8 Å². The van der Waals surface area contributed by atoms with Crippen LogP contribution in [0.4, 0.5) is 14.9 Å². The number of carbonyl (C=O) groups is 1. The van der Waals surface area contributed by atoms with Gasteiger partial charge < -0.3 is 20.3 Å². The van der Waals surface area contributed by atoms with Gasteiger partial charge in [-0.3, -0.25) is 0 Å². The van der Waals surface area contributed by atoms with E-state index >= 15 is 4.39 Å². The molecule has 4 aliphatic carbocycles. The molecule has 4 aromatic rings. The summed E-state index contributed by atoms with van der Waals surface area (Å²) in [7, 11) is 0. The maximum absolute atomic E-state index is 15.0. The Morgan fingerprint density at radius 3 is 2.67 bits per heavy atom. The zero-order chi connectivity index (χ0) is 27.0. The molecular formula is C33H33FN4O2. The number of amides is 2. The maximum Gasteiger partial charge on any atom is 0.319 e. The lowest BCUT2D eigenvalue weighted by Gasteiger charge is -2.61. The number of aliphatic hydroxyl groups is 1. The second kappa shape index (κ2) is 8.90. The number of aromatic nitrogens is 2. The minimum Gasteiger partial charge on any atom is -0.392 e. The summed E-state index contributed by atoms with van der Waals surface area (Å²) in [4.78, 5) is 17.4. The van der Waals surface area contributed by atoms with Crippen molar-refractivity contribution in [3.05, 3.63) is 84.6 Å². The summed E-state index contributed by atoms with van der Waals surface area (Å²) in [5, 5.41) is 20.5. The summed E-state index contributed by atoms with van der Waals surface area (Å²) in [6, 6.07) is 19.0. The second-order valence-corrected chi connectivity index (χ2v) is 12.7. The van der Waals surface area contributed by atoms with Crippen LogP contribution in [0.3, 0.4) is 0 Å². The highest BCUT2D eigenvalue weighted by atomic mass is 19.1. The van der Waals surface area contributed by atoms with Crippen LogP contribution in [0.25, 0.3) is 22.0 Å². The molecule has 2 heterocycles. The number of imidazole rings is 1. The van der Waals surface area contributed by atoms with Gasteiger partial charge in [-0.25, -0.2) is 14.2 Å². The second-order valence-electron chi connectivity index (χ2n) is 12.7. The zero-order valence-electron chi connectivity index (χ0n) is 22.3. The van der Waals surface area contributed by atoms with Crippen molar-refractivity contribution in [3.8, 4) is 11.3 Å². The van der Waals surface area contributed by atoms with Crippen LogP contribution >= 0.6 is 0 Å². The Morgan fingerprint density at radius 2 is 1.85 bits per heavy atom. The van der Waals surface area contributed by atoms with Crippen LogP contribution in [0.2, 0.25) is 0 Å². The molecular weight excluding hydrogens is 503 g/mol. The average Bonchev–Trinajstić information content (AvgIpc) is 3.53. The van der Waals surface area contributed by atoms with E-state index in [4.69, 9.17) is 0 Å². The molecule has 4 fully saturated rings. The predicted molar refractivity (Wildman–Crippen MR) is 152 cm³/mol. The van der Waals surface area contributed by atoms with Gasteiger partial charge in [-0.1, -0.05) is 42.5 Å². The molecule has 40 heavy (non-hydrogen) atoms. The fraction of sp³-hybridized carbons (Fsp3) is 0.394. The molecule has 3 aromatic carbocycles. The van der Waals surface area contributed by atoms with Crippen LogP contribution in [-0.2, 0) is 0 Å². The Morgan fingerprint density at radius 1 is 1.05 bits per heavy atom. The summed E-state index contributed by atoms with van der Waals surface area (Å²) in [6.07, 6.45) is 8.49. The Kier molecular flexibility index (Phi) is 5.36. The Balaban J connectivity index is 0.989. The summed E-state index contributed by atoms with van der Waals surface area (Å²) in [5.41, 5.74) is 3.07. The topological polar surface area (TPSA) is 79.2 Å². The van der Waals surface area contributed by atoms with Crippen molar-refractivity contribution in [2.24, 2.45) is 23.2 Å². The lowest BCUT2D eigenvalue weighted by molar-refractivity contribution is -0.135. The molecule has 0 saturated heterocycles. The first-order chi connectivity index (χ1) is 19.5. The van der Waals surface area contributed by atoms with Gasteiger partial charge in [0.2, 0.25) is 0 Å². The van der Waals surface area contributed by atoms with E-state index in [2.05, 4.69) is 21.7 Å². The lowest BCUT2D eigenvalue weighted by atomic mass is 9.46. The van der Waals surface area contributed by atoms with Crippen molar-refractivity contribution in [3.63, 3.8) is 0 Å². The molecule has 1 aliphatic heterocycles. The van der Waals surface area contributed by atoms with Gasteiger partial charge in [0.15, 0.2) is 0 Å². The van der Waals surface area contributed by atoms with Gasteiger partial charge in [-0.05, 0) is 90.7 Å². The number of benzene rings is 3. The number of rotatable bonds is 5. The molecule has 5 aliphatic rings. The summed E-state index contributed by atoms with van der Waals surface area (Å²) in [6.45, 7) is 0. The number of hydrogen-bond acceptors (Lipinski definition) is 3. The lowest BCUT2D eigenvalue weighted by Crippen LogP contribution is -2.62. The van der Waals surface area contributed by atoms with E-state index in [0.29, 0.717) is 29.7 Å². The van der Waals surface area contributed by atoms with Crippen LogP contribution in [0, 0.1) is 29.0 Å². The number of nitrogens with zero attached hydrogens (tertiary/aromatic N) is 2. The van der Waals surface area contributed by atoms with E-state index in [1.807, 2.05) is 47.0 Å². The highest BCUT2D eigenvalue weighted by molar-refractivity contribution is 5.93. The highest BCUT2D eigenvalue weighted by Crippen LogP contribution is 2.62. The number of anilines is 1. The minimum absolute atomic E-state index is 0.113. The van der Waals surface area contributed by atoms with E-state index in [-0.39, 0.29) is 29.3 Å². The number of aliphatic hydroxyl groups excluding tert-OH is 1. The van der Waals surface area contributed by atoms with Crippen LogP contribution in [0.1, 0.15) is 50.1 Å². The zero-order valence-corrected chi connectivity index (χ0v) is 22.3. The Bertz CT molecular complexity index is 1620. The van der Waals surface area contributed by atoms with Crippen LogP contribution in [-0.4, -0.2) is 32.8 Å². The van der Waals surface area contributed by atoms with Gasteiger partial charge in [-0.15, -0.1) is 0 Å². The van der Waals surface area contributed by atoms with E-state index in [1.165, 1.54) is 6.07 Å². The Labute approximate surface area is 232 Å². The van der Waals surface area contributed by atoms with Crippen molar-refractivity contribution in [2.45, 2.75) is 56.7 Å². The number of halogens is 1. The fourth-order valence-electron chi connectivity index (χ4n) is 9.01. The highest BCUT2D eigenvalue weighted by Gasteiger charge is 2.58. The van der Waals surface area contributed by atoms with Crippen LogP contribution in [0.15, 0.2) is 73.2 Å². The van der Waals surface area contributed by atoms with Gasteiger partial charge in [0.1, 0.15) is 5.82 Å². The first-order valence-electron chi connectivity index (χ1n) is 14.5. The monoisotopic (exact) mass is 536 g/mol. The quantitative estimate of drug-likeness (QED) is 0.272. The minimum atomic E-state index is -0.543. The predicted octanol–water partition coefficient (Wildman–Crippen LogP) is 6.51. The third-order valence-electron chi connectivity index (χ3n) is 10.4. The number of fused-ring (bicyclic) bond motifs is 4. The van der Waals surface area contributed by atoms with Gasteiger partial charge in [0, 0.05) is 22.9 Å².